The van der Waals surface area contributed by atoms with E-state index in [9.17, 15) is 5.11 Å². The molecule has 17 heavy (non-hydrogen) atoms. The Bertz CT molecular complexity index is 363. The quantitative estimate of drug-likeness (QED) is 0.842. The molecule has 0 aromatic heterocycles. The second-order valence-electron chi connectivity index (χ2n) is 5.17. The Hall–Kier alpha value is -1.06. The summed E-state index contributed by atoms with van der Waals surface area (Å²) in [6.45, 7) is 2.10. The summed E-state index contributed by atoms with van der Waals surface area (Å²) in [5, 5.41) is 9.29. The van der Waals surface area contributed by atoms with Gasteiger partial charge in [0.05, 0.1) is 6.61 Å². The van der Waals surface area contributed by atoms with Crippen LogP contribution in [0, 0.1) is 6.92 Å². The number of rotatable bonds is 3. The average Bonchev–Trinajstić information content (AvgIpc) is 2.32. The number of benzene rings is 1. The van der Waals surface area contributed by atoms with Gasteiger partial charge in [-0.25, -0.2) is 0 Å². The van der Waals surface area contributed by atoms with Crippen molar-refractivity contribution in [2.45, 2.75) is 44.2 Å². The van der Waals surface area contributed by atoms with Gasteiger partial charge in [0.25, 0.3) is 0 Å². The van der Waals surface area contributed by atoms with Crippen LogP contribution in [-0.4, -0.2) is 23.4 Å². The fourth-order valence-electron chi connectivity index (χ4n) is 2.39. The smallest absolute Gasteiger partial charge is 0.119 e. The molecular formula is C14H21NO2. The second kappa shape index (κ2) is 5.07. The molecule has 1 aliphatic rings. The van der Waals surface area contributed by atoms with Gasteiger partial charge in [-0.1, -0.05) is 17.7 Å². The van der Waals surface area contributed by atoms with Gasteiger partial charge in [-0.15, -0.1) is 0 Å². The number of aryl methyl sites for hydroxylation is 1. The van der Waals surface area contributed by atoms with Crippen molar-refractivity contribution in [1.29, 1.82) is 0 Å². The van der Waals surface area contributed by atoms with Gasteiger partial charge >= 0.3 is 0 Å². The molecule has 2 atom stereocenters. The van der Waals surface area contributed by atoms with E-state index in [0.29, 0.717) is 0 Å². The molecule has 94 valence electrons. The van der Waals surface area contributed by atoms with Gasteiger partial charge in [-0.2, -0.15) is 0 Å². The van der Waals surface area contributed by atoms with E-state index in [1.54, 1.807) is 0 Å². The highest BCUT2D eigenvalue weighted by Gasteiger charge is 2.33. The number of nitrogens with two attached hydrogens (primary N) is 1. The minimum Gasteiger partial charge on any atom is -0.490 e. The van der Waals surface area contributed by atoms with Gasteiger partial charge in [-0.05, 0) is 38.3 Å². The minimum absolute atomic E-state index is 0.0424. The highest BCUT2D eigenvalue weighted by Crippen LogP contribution is 2.29. The summed E-state index contributed by atoms with van der Waals surface area (Å²) in [6.07, 6.45) is 3.79. The molecule has 0 radical (unpaired) electrons. The zero-order chi connectivity index (χ0) is 12.3. The lowest BCUT2D eigenvalue weighted by Crippen LogP contribution is -2.50. The molecule has 0 saturated heterocycles. The maximum absolute atomic E-state index is 9.29. The minimum atomic E-state index is -0.451. The Morgan fingerprint density at radius 2 is 2.12 bits per heavy atom. The molecule has 0 aliphatic heterocycles. The zero-order valence-corrected chi connectivity index (χ0v) is 10.4. The largest absolute Gasteiger partial charge is 0.490 e. The molecule has 3 nitrogen and oxygen atoms in total. The van der Waals surface area contributed by atoms with Gasteiger partial charge in [-0.3, -0.25) is 0 Å². The Balaban J connectivity index is 1.97. The molecule has 0 spiro atoms. The maximum atomic E-state index is 9.29. The van der Waals surface area contributed by atoms with Crippen molar-refractivity contribution in [2.75, 3.05) is 6.61 Å². The van der Waals surface area contributed by atoms with Crippen LogP contribution in [0.4, 0.5) is 0 Å². The summed E-state index contributed by atoms with van der Waals surface area (Å²) < 4.78 is 5.92. The number of aliphatic hydroxyl groups excluding tert-OH is 1. The van der Waals surface area contributed by atoms with Crippen LogP contribution in [0.2, 0.25) is 0 Å². The Labute approximate surface area is 103 Å². The molecule has 0 bridgehead atoms. The SMILES string of the molecule is Cc1ccc(OC2CCCC(N)(CO)C2)cc1. The fourth-order valence-corrected chi connectivity index (χ4v) is 2.39. The number of hydrogen-bond acceptors (Lipinski definition) is 3. The second-order valence-corrected chi connectivity index (χ2v) is 5.17. The van der Waals surface area contributed by atoms with Crippen LogP contribution < -0.4 is 10.5 Å². The Morgan fingerprint density at radius 3 is 2.76 bits per heavy atom. The van der Waals surface area contributed by atoms with Crippen LogP contribution >= 0.6 is 0 Å². The summed E-state index contributed by atoms with van der Waals surface area (Å²) in [7, 11) is 0. The maximum Gasteiger partial charge on any atom is 0.119 e. The van der Waals surface area contributed by atoms with Crippen molar-refractivity contribution in [1.82, 2.24) is 0 Å². The molecule has 1 fully saturated rings. The lowest BCUT2D eigenvalue weighted by molar-refractivity contribution is 0.0729. The van der Waals surface area contributed by atoms with Crippen LogP contribution in [0.15, 0.2) is 24.3 Å². The van der Waals surface area contributed by atoms with Crippen LogP contribution in [-0.2, 0) is 0 Å². The van der Waals surface area contributed by atoms with E-state index in [4.69, 9.17) is 10.5 Å². The number of hydrogen-bond donors (Lipinski definition) is 2. The predicted molar refractivity (Wildman–Crippen MR) is 68.1 cm³/mol. The first-order valence-corrected chi connectivity index (χ1v) is 6.24. The van der Waals surface area contributed by atoms with Crippen molar-refractivity contribution in [2.24, 2.45) is 5.73 Å². The van der Waals surface area contributed by atoms with E-state index in [0.717, 1.165) is 31.4 Å². The van der Waals surface area contributed by atoms with Gasteiger partial charge < -0.3 is 15.6 Å². The first-order valence-electron chi connectivity index (χ1n) is 6.24. The molecule has 1 saturated carbocycles. The highest BCUT2D eigenvalue weighted by atomic mass is 16.5. The molecule has 0 amide bonds. The number of ether oxygens (including phenoxy) is 1. The summed E-state index contributed by atoms with van der Waals surface area (Å²) in [6, 6.07) is 8.06. The molecule has 0 heterocycles. The van der Waals surface area contributed by atoms with Crippen LogP contribution in [0.1, 0.15) is 31.2 Å². The molecule has 3 heteroatoms. The highest BCUT2D eigenvalue weighted by molar-refractivity contribution is 5.26. The van der Waals surface area contributed by atoms with Gasteiger partial charge in [0.15, 0.2) is 0 Å². The predicted octanol–water partition coefficient (Wildman–Crippen LogP) is 2.01. The first-order chi connectivity index (χ1) is 8.11. The molecule has 1 aliphatic carbocycles. The molecule has 3 N–H and O–H groups in total. The van der Waals surface area contributed by atoms with Crippen molar-refractivity contribution in [3.63, 3.8) is 0 Å². The van der Waals surface area contributed by atoms with Gasteiger partial charge in [0.2, 0.25) is 0 Å². The van der Waals surface area contributed by atoms with E-state index >= 15 is 0 Å². The van der Waals surface area contributed by atoms with E-state index in [1.165, 1.54) is 5.56 Å². The third-order valence-electron chi connectivity index (χ3n) is 3.47. The van der Waals surface area contributed by atoms with Crippen molar-refractivity contribution in [3.05, 3.63) is 29.8 Å². The fraction of sp³-hybridized carbons (Fsp3) is 0.571. The van der Waals surface area contributed by atoms with Gasteiger partial charge in [0, 0.05) is 12.0 Å². The van der Waals surface area contributed by atoms with E-state index in [-0.39, 0.29) is 12.7 Å². The Morgan fingerprint density at radius 1 is 1.41 bits per heavy atom. The summed E-state index contributed by atoms with van der Waals surface area (Å²) >= 11 is 0. The molecule has 2 unspecified atom stereocenters. The van der Waals surface area contributed by atoms with Gasteiger partial charge in [0.1, 0.15) is 11.9 Å². The molecule has 1 aromatic rings. The van der Waals surface area contributed by atoms with E-state index in [1.807, 2.05) is 24.3 Å². The van der Waals surface area contributed by atoms with E-state index in [2.05, 4.69) is 6.92 Å². The topological polar surface area (TPSA) is 55.5 Å². The first kappa shape index (κ1) is 12.4. The normalized spacial score (nSPS) is 29.0. The van der Waals surface area contributed by atoms with Crippen LogP contribution in [0.3, 0.4) is 0 Å². The lowest BCUT2D eigenvalue weighted by Gasteiger charge is -2.36. The van der Waals surface area contributed by atoms with Crippen molar-refractivity contribution >= 4 is 0 Å². The summed E-state index contributed by atoms with van der Waals surface area (Å²) in [5.41, 5.74) is 6.87. The molecule has 2 rings (SSSR count). The zero-order valence-electron chi connectivity index (χ0n) is 10.4. The van der Waals surface area contributed by atoms with Crippen molar-refractivity contribution in [3.8, 4) is 5.75 Å². The monoisotopic (exact) mass is 235 g/mol. The van der Waals surface area contributed by atoms with Crippen molar-refractivity contribution < 1.29 is 9.84 Å². The summed E-state index contributed by atoms with van der Waals surface area (Å²) in [5.74, 6) is 0.891. The average molecular weight is 235 g/mol. The third-order valence-corrected chi connectivity index (χ3v) is 3.47. The van der Waals surface area contributed by atoms with Crippen LogP contribution in [0.25, 0.3) is 0 Å². The van der Waals surface area contributed by atoms with E-state index < -0.39 is 5.54 Å². The Kier molecular flexibility index (Phi) is 3.69. The number of aliphatic hydroxyl groups is 1. The molecular weight excluding hydrogens is 214 g/mol. The van der Waals surface area contributed by atoms with Crippen LogP contribution in [0.5, 0.6) is 5.75 Å². The lowest BCUT2D eigenvalue weighted by atomic mass is 9.81. The summed E-state index contributed by atoms with van der Waals surface area (Å²) in [4.78, 5) is 0. The molecule has 1 aromatic carbocycles. The standard InChI is InChI=1S/C14H21NO2/c1-11-4-6-12(7-5-11)17-13-3-2-8-14(15,9-13)10-16/h4-7,13,16H,2-3,8-10,15H2,1H3. The third kappa shape index (κ3) is 3.20.